The van der Waals surface area contributed by atoms with Gasteiger partial charge in [-0.1, -0.05) is 6.58 Å². The molecule has 1 fully saturated rings. The van der Waals surface area contributed by atoms with Crippen molar-refractivity contribution in [3.8, 4) is 0 Å². The van der Waals surface area contributed by atoms with E-state index in [9.17, 15) is 0 Å². The summed E-state index contributed by atoms with van der Waals surface area (Å²) in [7, 11) is 3.34. The zero-order valence-electron chi connectivity index (χ0n) is 12.9. The first-order chi connectivity index (χ1) is 10.0. The van der Waals surface area contributed by atoms with Crippen molar-refractivity contribution in [1.29, 1.82) is 0 Å². The molecular weight excluding hydrogens is 290 g/mol. The van der Waals surface area contributed by atoms with Crippen LogP contribution in [0.4, 0.5) is 0 Å². The smallest absolute Gasteiger partial charge is 0.164 e. The third kappa shape index (κ3) is 3.11. The highest BCUT2D eigenvalue weighted by Crippen LogP contribution is 2.33. The summed E-state index contributed by atoms with van der Waals surface area (Å²) in [4.78, 5) is 6.12. The predicted molar refractivity (Wildman–Crippen MR) is 85.0 cm³/mol. The minimum Gasteiger partial charge on any atom is -0.383 e. The van der Waals surface area contributed by atoms with Gasteiger partial charge in [0.05, 0.1) is 6.10 Å². The van der Waals surface area contributed by atoms with Gasteiger partial charge in [-0.2, -0.15) is 11.8 Å². The molecule has 2 N–H and O–H groups in total. The van der Waals surface area contributed by atoms with Crippen molar-refractivity contribution in [2.45, 2.75) is 31.5 Å². The van der Waals surface area contributed by atoms with Gasteiger partial charge in [0.15, 0.2) is 6.23 Å². The summed E-state index contributed by atoms with van der Waals surface area (Å²) < 4.78 is 17.3. The largest absolute Gasteiger partial charge is 0.383 e. The molecule has 2 unspecified atom stereocenters. The molecule has 0 radical (unpaired) electrons. The molecule has 0 saturated carbocycles. The highest BCUT2D eigenvalue weighted by atomic mass is 32.2. The van der Waals surface area contributed by atoms with Crippen LogP contribution in [0.1, 0.15) is 6.92 Å². The van der Waals surface area contributed by atoms with Crippen LogP contribution in [0.5, 0.6) is 0 Å². The number of thioether (sulfide) groups is 1. The van der Waals surface area contributed by atoms with Crippen molar-refractivity contribution < 1.29 is 14.2 Å². The fourth-order valence-electron chi connectivity index (χ4n) is 2.62. The number of methoxy groups -OCH3 is 2. The van der Waals surface area contributed by atoms with Gasteiger partial charge in [0.1, 0.15) is 23.9 Å². The first kappa shape index (κ1) is 16.4. The molecule has 0 amide bonds. The average Bonchev–Trinajstić information content (AvgIpc) is 2.80. The Kier molecular flexibility index (Phi) is 5.32. The van der Waals surface area contributed by atoms with Crippen LogP contribution in [-0.4, -0.2) is 61.5 Å². The van der Waals surface area contributed by atoms with Crippen molar-refractivity contribution in [3.05, 3.63) is 24.2 Å². The molecule has 0 aromatic heterocycles. The summed E-state index contributed by atoms with van der Waals surface area (Å²) in [6.07, 6.45) is 3.23. The van der Waals surface area contributed by atoms with Crippen molar-refractivity contribution in [2.24, 2.45) is 10.7 Å². The standard InChI is InChI=1S/C14H23N3O3S/c1-8-6-17(9(2)16-13(8)15)14-12(19-4)11(18-3)10(20-14)7-21-5/h6,10-12,14H,2,7H2,1,3-5H3,(H2,15,16)/t10-,11?,12?,14-/m1/s1. The van der Waals surface area contributed by atoms with E-state index in [0.29, 0.717) is 11.7 Å². The Morgan fingerprint density at radius 3 is 2.67 bits per heavy atom. The molecule has 0 aromatic rings. The molecule has 1 saturated heterocycles. The highest BCUT2D eigenvalue weighted by molar-refractivity contribution is 7.98. The topological polar surface area (TPSA) is 69.3 Å². The summed E-state index contributed by atoms with van der Waals surface area (Å²) in [5, 5.41) is 0. The van der Waals surface area contributed by atoms with Crippen LogP contribution in [0.2, 0.25) is 0 Å². The summed E-state index contributed by atoms with van der Waals surface area (Å²) in [6.45, 7) is 5.85. The van der Waals surface area contributed by atoms with Gasteiger partial charge < -0.3 is 24.8 Å². The lowest BCUT2D eigenvalue weighted by Gasteiger charge is -2.33. The number of amidine groups is 1. The fraction of sp³-hybridized carbons (Fsp3) is 0.643. The molecule has 2 aliphatic rings. The maximum atomic E-state index is 6.14. The highest BCUT2D eigenvalue weighted by Gasteiger charge is 2.48. The molecule has 21 heavy (non-hydrogen) atoms. The van der Waals surface area contributed by atoms with Gasteiger partial charge in [0.2, 0.25) is 0 Å². The van der Waals surface area contributed by atoms with E-state index < -0.39 is 0 Å². The van der Waals surface area contributed by atoms with E-state index in [1.165, 1.54) is 0 Å². The third-order valence-corrected chi connectivity index (χ3v) is 4.38. The lowest BCUT2D eigenvalue weighted by molar-refractivity contribution is -0.0688. The van der Waals surface area contributed by atoms with Crippen LogP contribution in [0.3, 0.4) is 0 Å². The fourth-order valence-corrected chi connectivity index (χ4v) is 3.22. The zero-order chi connectivity index (χ0) is 15.6. The summed E-state index contributed by atoms with van der Waals surface area (Å²) in [6, 6.07) is 0. The minimum atomic E-state index is -0.323. The van der Waals surface area contributed by atoms with Gasteiger partial charge >= 0.3 is 0 Å². The van der Waals surface area contributed by atoms with E-state index in [0.717, 1.165) is 11.3 Å². The van der Waals surface area contributed by atoms with E-state index in [-0.39, 0.29) is 24.5 Å². The molecule has 7 heteroatoms. The quantitative estimate of drug-likeness (QED) is 0.821. The molecular formula is C14H23N3O3S. The summed E-state index contributed by atoms with van der Waals surface area (Å²) >= 11 is 1.72. The normalized spacial score (nSPS) is 33.1. The number of hydrogen-bond donors (Lipinski definition) is 1. The predicted octanol–water partition coefficient (Wildman–Crippen LogP) is 1.15. The second kappa shape index (κ2) is 6.83. The molecule has 0 bridgehead atoms. The second-order valence-electron chi connectivity index (χ2n) is 5.05. The number of hydrogen-bond acceptors (Lipinski definition) is 7. The van der Waals surface area contributed by atoms with Crippen molar-refractivity contribution in [1.82, 2.24) is 4.90 Å². The average molecular weight is 313 g/mol. The molecule has 0 spiro atoms. The Balaban J connectivity index is 2.24. The van der Waals surface area contributed by atoms with Crippen molar-refractivity contribution in [3.63, 3.8) is 0 Å². The monoisotopic (exact) mass is 313 g/mol. The lowest BCUT2D eigenvalue weighted by Crippen LogP contribution is -2.44. The summed E-state index contributed by atoms with van der Waals surface area (Å²) in [5.74, 6) is 1.86. The van der Waals surface area contributed by atoms with Crippen LogP contribution in [-0.2, 0) is 14.2 Å². The maximum Gasteiger partial charge on any atom is 0.164 e. The van der Waals surface area contributed by atoms with E-state index >= 15 is 0 Å². The van der Waals surface area contributed by atoms with E-state index in [2.05, 4.69) is 11.6 Å². The molecule has 6 nitrogen and oxygen atoms in total. The van der Waals surface area contributed by atoms with Gasteiger partial charge in [-0.25, -0.2) is 4.99 Å². The Morgan fingerprint density at radius 1 is 1.43 bits per heavy atom. The van der Waals surface area contributed by atoms with Crippen LogP contribution < -0.4 is 5.73 Å². The van der Waals surface area contributed by atoms with Crippen molar-refractivity contribution in [2.75, 3.05) is 26.2 Å². The SMILES string of the molecule is C=C1N=C(N)C(C)=CN1[C@@H]1O[C@H](CSC)C(OC)C1OC. The van der Waals surface area contributed by atoms with Crippen LogP contribution in [0.25, 0.3) is 0 Å². The molecule has 2 rings (SSSR count). The van der Waals surface area contributed by atoms with Crippen LogP contribution in [0.15, 0.2) is 29.2 Å². The number of nitrogens with two attached hydrogens (primary N) is 1. The molecule has 0 aliphatic carbocycles. The first-order valence-corrected chi connectivity index (χ1v) is 8.13. The summed E-state index contributed by atoms with van der Waals surface area (Å²) in [5.41, 5.74) is 6.70. The molecule has 2 aliphatic heterocycles. The van der Waals surface area contributed by atoms with Crippen LogP contribution in [0, 0.1) is 0 Å². The Hall–Kier alpha value is -1.02. The lowest BCUT2D eigenvalue weighted by atomic mass is 10.1. The van der Waals surface area contributed by atoms with Gasteiger partial charge in [0, 0.05) is 31.7 Å². The second-order valence-corrected chi connectivity index (χ2v) is 5.96. The Labute approximate surface area is 130 Å². The van der Waals surface area contributed by atoms with E-state index in [4.69, 9.17) is 19.9 Å². The van der Waals surface area contributed by atoms with Crippen molar-refractivity contribution >= 4 is 17.6 Å². The number of nitrogens with zero attached hydrogens (tertiary/aromatic N) is 2. The number of ether oxygens (including phenoxy) is 3. The Bertz CT molecular complexity index is 466. The number of rotatable bonds is 5. The van der Waals surface area contributed by atoms with Gasteiger partial charge in [-0.3, -0.25) is 0 Å². The van der Waals surface area contributed by atoms with Gasteiger partial charge in [0.25, 0.3) is 0 Å². The molecule has 118 valence electrons. The van der Waals surface area contributed by atoms with E-state index in [1.54, 1.807) is 26.0 Å². The minimum absolute atomic E-state index is 0.0373. The first-order valence-electron chi connectivity index (χ1n) is 6.73. The molecule has 2 heterocycles. The third-order valence-electron chi connectivity index (χ3n) is 3.72. The van der Waals surface area contributed by atoms with Gasteiger partial charge in [-0.15, -0.1) is 0 Å². The Morgan fingerprint density at radius 2 is 2.10 bits per heavy atom. The van der Waals surface area contributed by atoms with Gasteiger partial charge in [-0.05, 0) is 13.2 Å². The van der Waals surface area contributed by atoms with E-state index in [1.807, 2.05) is 24.3 Å². The zero-order valence-corrected chi connectivity index (χ0v) is 13.7. The molecule has 0 aromatic carbocycles. The molecule has 4 atom stereocenters. The maximum absolute atomic E-state index is 6.14. The van der Waals surface area contributed by atoms with Crippen LogP contribution >= 0.6 is 11.8 Å². The number of aliphatic imine (C=N–C) groups is 1.